The maximum atomic E-state index is 13.8. The van der Waals surface area contributed by atoms with E-state index in [9.17, 15) is 9.59 Å². The number of imide groups is 1. The fourth-order valence-electron chi connectivity index (χ4n) is 4.53. The summed E-state index contributed by atoms with van der Waals surface area (Å²) < 4.78 is 16.6. The molecule has 0 bridgehead atoms. The second kappa shape index (κ2) is 8.90. The first-order chi connectivity index (χ1) is 15.7. The van der Waals surface area contributed by atoms with Gasteiger partial charge in [0.25, 0.3) is 11.8 Å². The van der Waals surface area contributed by atoms with Crippen LogP contribution >= 0.6 is 0 Å². The zero-order chi connectivity index (χ0) is 23.9. The molecule has 7 heteroatoms. The fraction of sp³-hybridized carbons (Fsp3) is 0.385. The fourth-order valence-corrected chi connectivity index (χ4v) is 4.53. The molecule has 2 amide bonds. The Morgan fingerprint density at radius 3 is 2.12 bits per heavy atom. The van der Waals surface area contributed by atoms with Gasteiger partial charge in [-0.15, -0.1) is 0 Å². The van der Waals surface area contributed by atoms with Crippen LogP contribution < -0.4 is 14.4 Å². The molecule has 174 valence electrons. The van der Waals surface area contributed by atoms with Gasteiger partial charge in [-0.05, 0) is 56.5 Å². The van der Waals surface area contributed by atoms with Crippen molar-refractivity contribution >= 4 is 23.1 Å². The van der Waals surface area contributed by atoms with Crippen LogP contribution in [-0.2, 0) is 14.3 Å². The summed E-state index contributed by atoms with van der Waals surface area (Å²) >= 11 is 0. The van der Waals surface area contributed by atoms with Crippen LogP contribution in [0.25, 0.3) is 5.57 Å². The molecule has 0 spiro atoms. The van der Waals surface area contributed by atoms with Crippen LogP contribution in [0.1, 0.15) is 30.5 Å². The smallest absolute Gasteiger partial charge is 0.282 e. The van der Waals surface area contributed by atoms with E-state index in [1.807, 2.05) is 50.8 Å². The number of ether oxygens (including phenoxy) is 3. The van der Waals surface area contributed by atoms with E-state index in [4.69, 9.17) is 14.2 Å². The first kappa shape index (κ1) is 22.9. The minimum Gasteiger partial charge on any atom is -0.493 e. The summed E-state index contributed by atoms with van der Waals surface area (Å²) in [4.78, 5) is 30.8. The number of carbonyl (C=O) groups excluding carboxylic acids is 2. The highest BCUT2D eigenvalue weighted by molar-refractivity contribution is 6.45. The van der Waals surface area contributed by atoms with E-state index in [-0.39, 0.29) is 24.0 Å². The largest absolute Gasteiger partial charge is 0.493 e. The summed E-state index contributed by atoms with van der Waals surface area (Å²) in [5.41, 5.74) is 4.20. The number of hydrogen-bond donors (Lipinski definition) is 0. The third kappa shape index (κ3) is 4.09. The van der Waals surface area contributed by atoms with Gasteiger partial charge in [0.2, 0.25) is 0 Å². The zero-order valence-corrected chi connectivity index (χ0v) is 20.0. The minimum absolute atomic E-state index is 0.0553. The number of hydrogen-bond acceptors (Lipinski definition) is 6. The number of carbonyl (C=O) groups is 2. The van der Waals surface area contributed by atoms with Crippen molar-refractivity contribution in [3.8, 4) is 11.5 Å². The van der Waals surface area contributed by atoms with Gasteiger partial charge in [0.1, 0.15) is 5.70 Å². The number of rotatable bonds is 5. The van der Waals surface area contributed by atoms with Crippen molar-refractivity contribution in [3.63, 3.8) is 0 Å². The average molecular weight is 451 g/mol. The normalized spacial score (nSPS) is 21.2. The summed E-state index contributed by atoms with van der Waals surface area (Å²) in [6.45, 7) is 9.06. The van der Waals surface area contributed by atoms with Crippen molar-refractivity contribution < 1.29 is 23.8 Å². The van der Waals surface area contributed by atoms with E-state index in [1.165, 1.54) is 12.0 Å². The number of amides is 2. The lowest BCUT2D eigenvalue weighted by molar-refractivity contribution is -0.121. The molecule has 2 aromatic carbocycles. The molecule has 2 aliphatic heterocycles. The van der Waals surface area contributed by atoms with E-state index in [0.29, 0.717) is 41.5 Å². The van der Waals surface area contributed by atoms with Gasteiger partial charge in [-0.3, -0.25) is 9.59 Å². The summed E-state index contributed by atoms with van der Waals surface area (Å²) in [6.07, 6.45) is -0.111. The molecule has 2 unspecified atom stereocenters. The molecule has 33 heavy (non-hydrogen) atoms. The number of methoxy groups -OCH3 is 2. The lowest BCUT2D eigenvalue weighted by Crippen LogP contribution is -2.47. The van der Waals surface area contributed by atoms with E-state index in [0.717, 1.165) is 16.7 Å². The molecule has 7 nitrogen and oxygen atoms in total. The lowest BCUT2D eigenvalue weighted by Gasteiger charge is -2.37. The highest BCUT2D eigenvalue weighted by Crippen LogP contribution is 2.39. The molecule has 1 saturated heterocycles. The highest BCUT2D eigenvalue weighted by atomic mass is 16.5. The van der Waals surface area contributed by atoms with Crippen molar-refractivity contribution in [2.75, 3.05) is 32.2 Å². The third-order valence-electron chi connectivity index (χ3n) is 6.22. The Morgan fingerprint density at radius 2 is 1.52 bits per heavy atom. The van der Waals surface area contributed by atoms with Gasteiger partial charge >= 0.3 is 0 Å². The monoisotopic (exact) mass is 450 g/mol. The van der Waals surface area contributed by atoms with Crippen LogP contribution in [0.3, 0.4) is 0 Å². The predicted octanol–water partition coefficient (Wildman–Crippen LogP) is 3.71. The van der Waals surface area contributed by atoms with Crippen LogP contribution in [0.15, 0.2) is 42.1 Å². The van der Waals surface area contributed by atoms with E-state index < -0.39 is 0 Å². The summed E-state index contributed by atoms with van der Waals surface area (Å²) in [6, 6.07) is 10.9. The van der Waals surface area contributed by atoms with Crippen molar-refractivity contribution in [1.29, 1.82) is 0 Å². The van der Waals surface area contributed by atoms with Crippen LogP contribution in [0.4, 0.5) is 5.69 Å². The summed E-state index contributed by atoms with van der Waals surface area (Å²) in [5.74, 6) is 0.281. The molecule has 2 aromatic rings. The molecule has 2 heterocycles. The quantitative estimate of drug-likeness (QED) is 0.647. The van der Waals surface area contributed by atoms with Crippen molar-refractivity contribution in [1.82, 2.24) is 4.90 Å². The molecule has 0 radical (unpaired) electrons. The van der Waals surface area contributed by atoms with Gasteiger partial charge in [-0.1, -0.05) is 18.2 Å². The first-order valence-electron chi connectivity index (χ1n) is 11.1. The average Bonchev–Trinajstić information content (AvgIpc) is 3.04. The second-order valence-corrected chi connectivity index (χ2v) is 8.67. The van der Waals surface area contributed by atoms with Crippen LogP contribution in [-0.4, -0.2) is 56.2 Å². The van der Waals surface area contributed by atoms with Crippen LogP contribution in [0.5, 0.6) is 11.5 Å². The Bertz CT molecular complexity index is 1130. The molecule has 4 rings (SSSR count). The maximum Gasteiger partial charge on any atom is 0.282 e. The Hall–Kier alpha value is -3.32. The van der Waals surface area contributed by atoms with Crippen molar-refractivity contribution in [2.24, 2.45) is 0 Å². The minimum atomic E-state index is -0.350. The standard InChI is InChI=1S/C26H30N2O5/c1-15-7-8-19(11-16(15)2)23-24(27-13-17(3)33-18(4)14-27)26(30)28(25(23)29)20-9-10-21(31-5)22(12-20)32-6/h7-12,17-18H,13-14H2,1-6H3. The maximum absolute atomic E-state index is 13.8. The number of morpholine rings is 1. The Labute approximate surface area is 194 Å². The van der Waals surface area contributed by atoms with Gasteiger partial charge in [0, 0.05) is 19.2 Å². The topological polar surface area (TPSA) is 68.3 Å². The predicted molar refractivity (Wildman–Crippen MR) is 126 cm³/mol. The van der Waals surface area contributed by atoms with E-state index >= 15 is 0 Å². The Kier molecular flexibility index (Phi) is 6.17. The molecule has 2 aliphatic rings. The molecular weight excluding hydrogens is 420 g/mol. The van der Waals surface area contributed by atoms with Crippen LogP contribution in [0, 0.1) is 13.8 Å². The molecule has 0 aromatic heterocycles. The van der Waals surface area contributed by atoms with Gasteiger partial charge in [-0.25, -0.2) is 4.90 Å². The van der Waals surface area contributed by atoms with Gasteiger partial charge < -0.3 is 19.1 Å². The molecule has 0 saturated carbocycles. The lowest BCUT2D eigenvalue weighted by atomic mass is 9.99. The summed E-state index contributed by atoms with van der Waals surface area (Å²) in [5, 5.41) is 0. The Morgan fingerprint density at radius 1 is 0.848 bits per heavy atom. The highest BCUT2D eigenvalue weighted by Gasteiger charge is 2.44. The molecular formula is C26H30N2O5. The van der Waals surface area contributed by atoms with Crippen LogP contribution in [0.2, 0.25) is 0 Å². The zero-order valence-electron chi connectivity index (χ0n) is 20.0. The van der Waals surface area contributed by atoms with Gasteiger partial charge in [0.05, 0.1) is 37.7 Å². The summed E-state index contributed by atoms with van der Waals surface area (Å²) in [7, 11) is 3.07. The molecule has 0 N–H and O–H groups in total. The molecule has 2 atom stereocenters. The Balaban J connectivity index is 1.85. The molecule has 1 fully saturated rings. The van der Waals surface area contributed by atoms with Gasteiger partial charge in [0.15, 0.2) is 11.5 Å². The SMILES string of the molecule is COc1ccc(N2C(=O)C(c3ccc(C)c(C)c3)=C(N3CC(C)OC(C)C3)C2=O)cc1OC. The second-order valence-electron chi connectivity index (χ2n) is 8.67. The molecule has 0 aliphatic carbocycles. The van der Waals surface area contributed by atoms with Crippen molar-refractivity contribution in [2.45, 2.75) is 39.9 Å². The van der Waals surface area contributed by atoms with Gasteiger partial charge in [-0.2, -0.15) is 0 Å². The van der Waals surface area contributed by atoms with E-state index in [2.05, 4.69) is 0 Å². The number of benzene rings is 2. The first-order valence-corrected chi connectivity index (χ1v) is 11.1. The van der Waals surface area contributed by atoms with Crippen molar-refractivity contribution in [3.05, 3.63) is 58.8 Å². The number of nitrogens with zero attached hydrogens (tertiary/aromatic N) is 2. The number of aryl methyl sites for hydroxylation is 2. The third-order valence-corrected chi connectivity index (χ3v) is 6.22. The number of anilines is 1. The van der Waals surface area contributed by atoms with E-state index in [1.54, 1.807) is 25.3 Å².